The molecule has 3 aliphatic rings. The Morgan fingerprint density at radius 3 is 2.53 bits per heavy atom. The number of hydrogen-bond acceptors (Lipinski definition) is 6. The van der Waals surface area contributed by atoms with Crippen LogP contribution in [0, 0.1) is 17.8 Å². The van der Waals surface area contributed by atoms with Gasteiger partial charge in [-0.15, -0.1) is 0 Å². The van der Waals surface area contributed by atoms with Crippen molar-refractivity contribution in [3.63, 3.8) is 0 Å². The third-order valence-electron chi connectivity index (χ3n) is 7.62. The highest BCUT2D eigenvalue weighted by atomic mass is 16.5. The summed E-state index contributed by atoms with van der Waals surface area (Å²) in [7, 11) is 1.95. The average Bonchev–Trinajstić information content (AvgIpc) is 3.46. The zero-order valence-corrected chi connectivity index (χ0v) is 18.8. The Bertz CT molecular complexity index is 1060. The highest BCUT2D eigenvalue weighted by molar-refractivity contribution is 5.83. The van der Waals surface area contributed by atoms with E-state index in [2.05, 4.69) is 43.5 Å². The van der Waals surface area contributed by atoms with Crippen molar-refractivity contribution in [2.24, 2.45) is 24.8 Å². The van der Waals surface area contributed by atoms with Crippen molar-refractivity contribution in [1.82, 2.24) is 24.6 Å². The minimum atomic E-state index is 0.493. The van der Waals surface area contributed by atoms with Crippen LogP contribution in [0.5, 0.6) is 0 Å². The first-order valence-electron chi connectivity index (χ1n) is 12.0. The standard InChI is InChI=1S/C25H32N6O/c1-30-14-21-8-18(2-3-24(21)29-30)22-11-26-25(27-12-22)28-23-9-19-15-31(16-20(19)10-23)13-17-4-6-32-7-5-17/h2-3,8,11-12,14,17,19-20,23H,4-7,9-10,13,15-16H2,1H3,(H,26,27,28)/t19-,20?,23+/m1/s1. The lowest BCUT2D eigenvalue weighted by atomic mass is 10.00. The minimum absolute atomic E-state index is 0.493. The summed E-state index contributed by atoms with van der Waals surface area (Å²) in [4.78, 5) is 12.0. The molecule has 1 unspecified atom stereocenters. The number of fused-ring (bicyclic) bond motifs is 2. The van der Waals surface area contributed by atoms with Crippen LogP contribution < -0.4 is 5.32 Å². The van der Waals surface area contributed by atoms with E-state index in [1.165, 1.54) is 45.3 Å². The first kappa shape index (κ1) is 20.1. The molecule has 32 heavy (non-hydrogen) atoms. The van der Waals surface area contributed by atoms with Crippen LogP contribution in [0.3, 0.4) is 0 Å². The summed E-state index contributed by atoms with van der Waals surface area (Å²) in [6, 6.07) is 6.79. The van der Waals surface area contributed by atoms with Crippen molar-refractivity contribution in [3.8, 4) is 11.1 Å². The predicted molar refractivity (Wildman–Crippen MR) is 125 cm³/mol. The number of likely N-dealkylation sites (tertiary alicyclic amines) is 1. The molecule has 4 heterocycles. The molecule has 2 saturated heterocycles. The Morgan fingerprint density at radius 2 is 1.78 bits per heavy atom. The molecule has 3 fully saturated rings. The third kappa shape index (κ3) is 4.11. The lowest BCUT2D eigenvalue weighted by Crippen LogP contribution is -2.32. The molecule has 2 aliphatic heterocycles. The number of ether oxygens (including phenoxy) is 1. The maximum Gasteiger partial charge on any atom is 0.222 e. The second-order valence-corrected chi connectivity index (χ2v) is 9.98. The van der Waals surface area contributed by atoms with E-state index in [-0.39, 0.29) is 0 Å². The van der Waals surface area contributed by atoms with Gasteiger partial charge in [-0.05, 0) is 61.1 Å². The molecular formula is C25H32N6O. The molecule has 1 aromatic carbocycles. The molecule has 7 heteroatoms. The summed E-state index contributed by atoms with van der Waals surface area (Å²) in [5.74, 6) is 3.22. The highest BCUT2D eigenvalue weighted by Gasteiger charge is 2.41. The van der Waals surface area contributed by atoms with E-state index in [0.29, 0.717) is 6.04 Å². The quantitative estimate of drug-likeness (QED) is 0.665. The molecule has 3 aromatic rings. The van der Waals surface area contributed by atoms with Gasteiger partial charge in [-0.25, -0.2) is 9.97 Å². The van der Waals surface area contributed by atoms with Crippen molar-refractivity contribution >= 4 is 16.9 Å². The number of aromatic nitrogens is 4. The SMILES string of the molecule is Cn1cc2cc(-c3cnc(N[C@@H]4CC5CN(CC6CCOCC6)C[C@H]5C4)nc3)ccc2n1. The van der Waals surface area contributed by atoms with Crippen LogP contribution in [0.25, 0.3) is 22.0 Å². The first-order valence-corrected chi connectivity index (χ1v) is 12.0. The molecule has 0 bridgehead atoms. The summed E-state index contributed by atoms with van der Waals surface area (Å²) in [5.41, 5.74) is 3.17. The fourth-order valence-electron chi connectivity index (χ4n) is 6.02. The van der Waals surface area contributed by atoms with Crippen molar-refractivity contribution in [3.05, 3.63) is 36.8 Å². The normalized spacial score (nSPS) is 26.6. The van der Waals surface area contributed by atoms with Crippen molar-refractivity contribution in [1.29, 1.82) is 0 Å². The fourth-order valence-corrected chi connectivity index (χ4v) is 6.02. The van der Waals surface area contributed by atoms with E-state index >= 15 is 0 Å². The second-order valence-electron chi connectivity index (χ2n) is 9.98. The van der Waals surface area contributed by atoms with Crippen molar-refractivity contribution in [2.75, 3.05) is 38.2 Å². The van der Waals surface area contributed by atoms with E-state index < -0.39 is 0 Å². The summed E-state index contributed by atoms with van der Waals surface area (Å²) < 4.78 is 7.36. The van der Waals surface area contributed by atoms with E-state index in [4.69, 9.17) is 4.74 Å². The summed E-state index contributed by atoms with van der Waals surface area (Å²) in [6.07, 6.45) is 10.8. The van der Waals surface area contributed by atoms with Gasteiger partial charge in [0, 0.05) is 75.5 Å². The smallest absolute Gasteiger partial charge is 0.222 e. The molecular weight excluding hydrogens is 400 g/mol. The maximum absolute atomic E-state index is 5.52. The van der Waals surface area contributed by atoms with Gasteiger partial charge in [0.05, 0.1) is 5.52 Å². The highest BCUT2D eigenvalue weighted by Crippen LogP contribution is 2.39. The first-order chi connectivity index (χ1) is 15.7. The molecule has 1 saturated carbocycles. The van der Waals surface area contributed by atoms with Crippen LogP contribution in [0.1, 0.15) is 25.7 Å². The molecule has 0 amide bonds. The molecule has 168 valence electrons. The van der Waals surface area contributed by atoms with Crippen LogP contribution in [-0.2, 0) is 11.8 Å². The maximum atomic E-state index is 5.52. The lowest BCUT2D eigenvalue weighted by molar-refractivity contribution is 0.0545. The lowest BCUT2D eigenvalue weighted by Gasteiger charge is -2.27. The van der Waals surface area contributed by atoms with Crippen LogP contribution in [0.2, 0.25) is 0 Å². The topological polar surface area (TPSA) is 68.1 Å². The predicted octanol–water partition coefficient (Wildman–Crippen LogP) is 3.58. The summed E-state index contributed by atoms with van der Waals surface area (Å²) in [6.45, 7) is 5.69. The number of nitrogens with zero attached hydrogens (tertiary/aromatic N) is 5. The number of nitrogens with one attached hydrogen (secondary N) is 1. The van der Waals surface area contributed by atoms with Crippen molar-refractivity contribution in [2.45, 2.75) is 31.7 Å². The Hall–Kier alpha value is -2.51. The summed E-state index contributed by atoms with van der Waals surface area (Å²) >= 11 is 0. The average molecular weight is 433 g/mol. The van der Waals surface area contributed by atoms with Gasteiger partial charge in [0.2, 0.25) is 5.95 Å². The Balaban J connectivity index is 1.04. The summed E-state index contributed by atoms with van der Waals surface area (Å²) in [5, 5.41) is 9.19. The van der Waals surface area contributed by atoms with Crippen LogP contribution >= 0.6 is 0 Å². The zero-order valence-electron chi connectivity index (χ0n) is 18.8. The van der Waals surface area contributed by atoms with Gasteiger partial charge >= 0.3 is 0 Å². The molecule has 1 N–H and O–H groups in total. The Kier molecular flexibility index (Phi) is 5.31. The molecule has 0 radical (unpaired) electrons. The zero-order chi connectivity index (χ0) is 21.5. The number of rotatable bonds is 5. The van der Waals surface area contributed by atoms with Gasteiger partial charge in [-0.1, -0.05) is 6.07 Å². The molecule has 3 atom stereocenters. The van der Waals surface area contributed by atoms with Crippen LogP contribution in [0.4, 0.5) is 5.95 Å². The van der Waals surface area contributed by atoms with Gasteiger partial charge in [0.15, 0.2) is 0 Å². The molecule has 1 aliphatic carbocycles. The minimum Gasteiger partial charge on any atom is -0.381 e. The van der Waals surface area contributed by atoms with E-state index in [0.717, 1.165) is 58.9 Å². The number of hydrogen-bond donors (Lipinski definition) is 1. The van der Waals surface area contributed by atoms with Gasteiger partial charge in [-0.2, -0.15) is 5.10 Å². The molecule has 6 rings (SSSR count). The molecule has 0 spiro atoms. The van der Waals surface area contributed by atoms with Gasteiger partial charge in [0.1, 0.15) is 0 Å². The number of aryl methyl sites for hydroxylation is 1. The van der Waals surface area contributed by atoms with Gasteiger partial charge in [-0.3, -0.25) is 4.68 Å². The van der Waals surface area contributed by atoms with E-state index in [9.17, 15) is 0 Å². The Morgan fingerprint density at radius 1 is 1.03 bits per heavy atom. The monoisotopic (exact) mass is 432 g/mol. The largest absolute Gasteiger partial charge is 0.381 e. The molecule has 2 aromatic heterocycles. The van der Waals surface area contributed by atoms with E-state index in [1.54, 1.807) is 0 Å². The molecule has 7 nitrogen and oxygen atoms in total. The van der Waals surface area contributed by atoms with Crippen molar-refractivity contribution < 1.29 is 4.74 Å². The number of benzene rings is 1. The van der Waals surface area contributed by atoms with Crippen LogP contribution in [-0.4, -0.2) is 63.5 Å². The second kappa shape index (κ2) is 8.45. The van der Waals surface area contributed by atoms with E-state index in [1.807, 2.05) is 30.3 Å². The van der Waals surface area contributed by atoms with Gasteiger partial charge < -0.3 is 15.0 Å². The Labute approximate surface area is 189 Å². The fraction of sp³-hybridized carbons (Fsp3) is 0.560. The third-order valence-corrected chi connectivity index (χ3v) is 7.62. The van der Waals surface area contributed by atoms with Gasteiger partial charge in [0.25, 0.3) is 0 Å². The van der Waals surface area contributed by atoms with Crippen LogP contribution in [0.15, 0.2) is 36.8 Å². The number of anilines is 1.